The highest BCUT2D eigenvalue weighted by Crippen LogP contribution is 2.24. The number of thiophene rings is 1. The number of nitrogen functional groups attached to an aromatic ring is 1. The molecule has 0 aliphatic carbocycles. The Morgan fingerprint density at radius 1 is 1.37 bits per heavy atom. The van der Waals surface area contributed by atoms with Gasteiger partial charge in [0.2, 0.25) is 0 Å². The number of benzene rings is 1. The van der Waals surface area contributed by atoms with Crippen LogP contribution in [0.15, 0.2) is 35.0 Å². The van der Waals surface area contributed by atoms with E-state index in [9.17, 15) is 4.79 Å². The van der Waals surface area contributed by atoms with E-state index < -0.39 is 0 Å². The van der Waals surface area contributed by atoms with E-state index in [1.807, 2.05) is 29.0 Å². The maximum absolute atomic E-state index is 12.0. The summed E-state index contributed by atoms with van der Waals surface area (Å²) in [4.78, 5) is 16.2. The highest BCUT2D eigenvalue weighted by atomic mass is 32.1. The van der Waals surface area contributed by atoms with Crippen molar-refractivity contribution in [1.82, 2.24) is 10.3 Å². The molecule has 19 heavy (non-hydrogen) atoms. The minimum Gasteiger partial charge on any atom is -0.375 e. The first-order valence-electron chi connectivity index (χ1n) is 5.68. The van der Waals surface area contributed by atoms with Crippen LogP contribution in [0.1, 0.15) is 15.9 Å². The third-order valence-corrected chi connectivity index (χ3v) is 4.28. The molecule has 0 spiro atoms. The lowest BCUT2D eigenvalue weighted by atomic mass is 10.2. The molecule has 6 heteroatoms. The van der Waals surface area contributed by atoms with Crippen molar-refractivity contribution in [2.24, 2.45) is 0 Å². The summed E-state index contributed by atoms with van der Waals surface area (Å²) in [6, 6.07) is 7.41. The minimum absolute atomic E-state index is 0.0833. The first-order chi connectivity index (χ1) is 9.22. The van der Waals surface area contributed by atoms with Crippen molar-refractivity contribution >= 4 is 43.9 Å². The molecule has 0 unspecified atom stereocenters. The summed E-state index contributed by atoms with van der Waals surface area (Å²) in [5.74, 6) is -0.0833. The molecule has 0 saturated carbocycles. The van der Waals surface area contributed by atoms with Crippen LogP contribution in [0.3, 0.4) is 0 Å². The van der Waals surface area contributed by atoms with Gasteiger partial charge in [0.1, 0.15) is 0 Å². The number of thiazole rings is 1. The lowest BCUT2D eigenvalue weighted by molar-refractivity contribution is 0.0951. The smallest absolute Gasteiger partial charge is 0.251 e. The normalized spacial score (nSPS) is 10.7. The summed E-state index contributed by atoms with van der Waals surface area (Å²) in [5, 5.41) is 7.43. The molecule has 1 amide bonds. The Kier molecular flexibility index (Phi) is 3.18. The molecule has 0 aliphatic rings. The maximum Gasteiger partial charge on any atom is 0.251 e. The number of fused-ring (bicyclic) bond motifs is 1. The van der Waals surface area contributed by atoms with Gasteiger partial charge in [-0.2, -0.15) is 11.3 Å². The summed E-state index contributed by atoms with van der Waals surface area (Å²) >= 11 is 3.01. The zero-order valence-electron chi connectivity index (χ0n) is 9.92. The molecule has 96 valence electrons. The molecule has 3 rings (SSSR count). The lowest BCUT2D eigenvalue weighted by Crippen LogP contribution is -2.22. The standard InChI is InChI=1S/C13H11N3OS2/c14-13-16-10-2-1-9(5-11(10)19-13)12(17)15-6-8-3-4-18-7-8/h1-5,7H,6H2,(H2,14,16)(H,15,17). The van der Waals surface area contributed by atoms with Crippen LogP contribution in [0.4, 0.5) is 5.13 Å². The van der Waals surface area contributed by atoms with Gasteiger partial charge in [-0.05, 0) is 40.6 Å². The van der Waals surface area contributed by atoms with Gasteiger partial charge in [-0.25, -0.2) is 4.98 Å². The van der Waals surface area contributed by atoms with Crippen molar-refractivity contribution in [3.05, 3.63) is 46.2 Å². The van der Waals surface area contributed by atoms with Crippen molar-refractivity contribution in [1.29, 1.82) is 0 Å². The van der Waals surface area contributed by atoms with E-state index in [0.717, 1.165) is 15.8 Å². The average molecular weight is 289 g/mol. The van der Waals surface area contributed by atoms with E-state index in [-0.39, 0.29) is 5.91 Å². The van der Waals surface area contributed by atoms with Crippen molar-refractivity contribution < 1.29 is 4.79 Å². The second-order valence-electron chi connectivity index (χ2n) is 4.05. The average Bonchev–Trinajstić information content (AvgIpc) is 3.02. The molecule has 0 bridgehead atoms. The van der Waals surface area contributed by atoms with Gasteiger partial charge in [0, 0.05) is 12.1 Å². The second-order valence-corrected chi connectivity index (χ2v) is 5.89. The van der Waals surface area contributed by atoms with Crippen LogP contribution in [-0.4, -0.2) is 10.9 Å². The molecule has 3 N–H and O–H groups in total. The van der Waals surface area contributed by atoms with Crippen LogP contribution in [0.25, 0.3) is 10.2 Å². The largest absolute Gasteiger partial charge is 0.375 e. The van der Waals surface area contributed by atoms with Gasteiger partial charge in [0.05, 0.1) is 10.2 Å². The van der Waals surface area contributed by atoms with E-state index in [1.165, 1.54) is 11.3 Å². The summed E-state index contributed by atoms with van der Waals surface area (Å²) in [7, 11) is 0. The first kappa shape index (κ1) is 12.1. The Hall–Kier alpha value is -1.92. The fourth-order valence-corrected chi connectivity index (χ4v) is 3.20. The Morgan fingerprint density at radius 3 is 3.05 bits per heavy atom. The molecule has 3 aromatic rings. The number of aromatic nitrogens is 1. The van der Waals surface area contributed by atoms with Crippen molar-refractivity contribution in [3.63, 3.8) is 0 Å². The van der Waals surface area contributed by atoms with Crippen LogP contribution < -0.4 is 11.1 Å². The molecule has 0 aliphatic heterocycles. The third-order valence-electron chi connectivity index (χ3n) is 2.70. The Bertz CT molecular complexity index is 719. The van der Waals surface area contributed by atoms with Gasteiger partial charge in [-0.3, -0.25) is 4.79 Å². The molecule has 2 heterocycles. The summed E-state index contributed by atoms with van der Waals surface area (Å²) in [5.41, 5.74) is 8.22. The number of anilines is 1. The Morgan fingerprint density at radius 2 is 2.26 bits per heavy atom. The predicted molar refractivity (Wildman–Crippen MR) is 79.5 cm³/mol. The van der Waals surface area contributed by atoms with Gasteiger partial charge < -0.3 is 11.1 Å². The second kappa shape index (κ2) is 4.99. The topological polar surface area (TPSA) is 68.0 Å². The molecule has 0 fully saturated rings. The number of hydrogen-bond acceptors (Lipinski definition) is 5. The van der Waals surface area contributed by atoms with Crippen LogP contribution in [0.5, 0.6) is 0 Å². The van der Waals surface area contributed by atoms with Crippen LogP contribution in [0, 0.1) is 0 Å². The third kappa shape index (κ3) is 2.59. The Balaban J connectivity index is 1.77. The van der Waals surface area contributed by atoms with Crippen molar-refractivity contribution in [3.8, 4) is 0 Å². The fourth-order valence-electron chi connectivity index (χ4n) is 1.76. The summed E-state index contributed by atoms with van der Waals surface area (Å²) < 4.78 is 0.931. The highest BCUT2D eigenvalue weighted by molar-refractivity contribution is 7.22. The monoisotopic (exact) mass is 289 g/mol. The van der Waals surface area contributed by atoms with E-state index in [2.05, 4.69) is 10.3 Å². The number of hydrogen-bond donors (Lipinski definition) is 2. The van der Waals surface area contributed by atoms with Crippen LogP contribution >= 0.6 is 22.7 Å². The zero-order valence-corrected chi connectivity index (χ0v) is 11.6. The fraction of sp³-hybridized carbons (Fsp3) is 0.0769. The number of carbonyl (C=O) groups excluding carboxylic acids is 1. The van der Waals surface area contributed by atoms with Crippen molar-refractivity contribution in [2.75, 3.05) is 5.73 Å². The molecule has 0 saturated heterocycles. The van der Waals surface area contributed by atoms with Gasteiger partial charge in [-0.1, -0.05) is 11.3 Å². The SMILES string of the molecule is Nc1nc2ccc(C(=O)NCc3ccsc3)cc2s1. The quantitative estimate of drug-likeness (QED) is 0.779. The molecule has 0 atom stereocenters. The van der Waals surface area contributed by atoms with E-state index >= 15 is 0 Å². The van der Waals surface area contributed by atoms with Gasteiger partial charge in [-0.15, -0.1) is 0 Å². The number of nitrogens with one attached hydrogen (secondary N) is 1. The van der Waals surface area contributed by atoms with Gasteiger partial charge >= 0.3 is 0 Å². The molecule has 0 radical (unpaired) electrons. The van der Waals surface area contributed by atoms with Crippen LogP contribution in [-0.2, 0) is 6.54 Å². The van der Waals surface area contributed by atoms with E-state index in [1.54, 1.807) is 17.4 Å². The lowest BCUT2D eigenvalue weighted by Gasteiger charge is -2.03. The zero-order chi connectivity index (χ0) is 13.2. The van der Waals surface area contributed by atoms with E-state index in [4.69, 9.17) is 5.73 Å². The molecular weight excluding hydrogens is 278 g/mol. The number of carbonyl (C=O) groups is 1. The summed E-state index contributed by atoms with van der Waals surface area (Å²) in [6.07, 6.45) is 0. The number of nitrogens with zero attached hydrogens (tertiary/aromatic N) is 1. The molecule has 4 nitrogen and oxygen atoms in total. The summed E-state index contributed by atoms with van der Waals surface area (Å²) in [6.45, 7) is 0.547. The minimum atomic E-state index is -0.0833. The molecular formula is C13H11N3OS2. The van der Waals surface area contributed by atoms with Crippen molar-refractivity contribution in [2.45, 2.75) is 6.54 Å². The molecule has 1 aromatic carbocycles. The number of rotatable bonds is 3. The molecule has 2 aromatic heterocycles. The number of amides is 1. The van der Waals surface area contributed by atoms with E-state index in [0.29, 0.717) is 17.2 Å². The predicted octanol–water partition coefficient (Wildman–Crippen LogP) is 2.87. The van der Waals surface area contributed by atoms with Gasteiger partial charge in [0.25, 0.3) is 5.91 Å². The highest BCUT2D eigenvalue weighted by Gasteiger charge is 2.08. The number of nitrogens with two attached hydrogens (primary N) is 1. The maximum atomic E-state index is 12.0. The van der Waals surface area contributed by atoms with Crippen LogP contribution in [0.2, 0.25) is 0 Å². The Labute approximate surface area is 117 Å². The first-order valence-corrected chi connectivity index (χ1v) is 7.43. The van der Waals surface area contributed by atoms with Gasteiger partial charge in [0.15, 0.2) is 5.13 Å².